The molecule has 0 saturated carbocycles. The minimum Gasteiger partial charge on any atom is -0.494 e. The quantitative estimate of drug-likeness (QED) is 0.513. The number of piperidine rings is 1. The summed E-state index contributed by atoms with van der Waals surface area (Å²) in [6, 6.07) is 7.72. The number of hydrogen-bond donors (Lipinski definition) is 1. The fraction of sp³-hybridized carbons (Fsp3) is 0.522. The smallest absolute Gasteiger partial charge is 0.310 e. The number of fused-ring (bicyclic) bond motifs is 1. The van der Waals surface area contributed by atoms with E-state index in [1.54, 1.807) is 0 Å². The van der Waals surface area contributed by atoms with Gasteiger partial charge in [-0.1, -0.05) is 30.4 Å². The molecule has 8 nitrogen and oxygen atoms in total. The lowest BCUT2D eigenvalue weighted by molar-refractivity contribution is -0.150. The van der Waals surface area contributed by atoms with Crippen LogP contribution in [-0.4, -0.2) is 56.9 Å². The van der Waals surface area contributed by atoms with Crippen molar-refractivity contribution in [1.29, 1.82) is 0 Å². The minimum absolute atomic E-state index is 0.106. The van der Waals surface area contributed by atoms with E-state index in [0.29, 0.717) is 37.0 Å². The highest BCUT2D eigenvalue weighted by Crippen LogP contribution is 2.41. The van der Waals surface area contributed by atoms with Crippen LogP contribution in [0.3, 0.4) is 0 Å². The number of likely N-dealkylation sites (tertiary alicyclic amines) is 1. The molecule has 1 fully saturated rings. The van der Waals surface area contributed by atoms with Gasteiger partial charge in [-0.05, 0) is 50.9 Å². The van der Waals surface area contributed by atoms with Crippen molar-refractivity contribution in [3.63, 3.8) is 0 Å². The van der Waals surface area contributed by atoms with Crippen molar-refractivity contribution in [2.24, 2.45) is 5.92 Å². The van der Waals surface area contributed by atoms with Gasteiger partial charge in [-0.15, -0.1) is 5.10 Å². The lowest BCUT2D eigenvalue weighted by Gasteiger charge is -2.37. The Hall–Kier alpha value is -2.65. The summed E-state index contributed by atoms with van der Waals surface area (Å²) < 4.78 is 12.4. The van der Waals surface area contributed by atoms with Gasteiger partial charge in [-0.3, -0.25) is 9.69 Å². The average Bonchev–Trinajstić information content (AvgIpc) is 3.35. The van der Waals surface area contributed by atoms with E-state index in [0.717, 1.165) is 35.6 Å². The molecule has 2 unspecified atom stereocenters. The fourth-order valence-electron chi connectivity index (χ4n) is 4.25. The Morgan fingerprint density at radius 1 is 1.25 bits per heavy atom. The van der Waals surface area contributed by atoms with Gasteiger partial charge in [-0.2, -0.15) is 4.52 Å². The van der Waals surface area contributed by atoms with E-state index in [1.807, 2.05) is 45.0 Å². The van der Waals surface area contributed by atoms with Crippen LogP contribution in [0, 0.1) is 5.92 Å². The van der Waals surface area contributed by atoms with Crippen LogP contribution in [0.2, 0.25) is 0 Å². The third-order valence-electron chi connectivity index (χ3n) is 5.75. The summed E-state index contributed by atoms with van der Waals surface area (Å²) in [5.74, 6) is 1.29. The van der Waals surface area contributed by atoms with E-state index < -0.39 is 0 Å². The van der Waals surface area contributed by atoms with Crippen molar-refractivity contribution in [3.05, 3.63) is 40.5 Å². The van der Waals surface area contributed by atoms with Crippen LogP contribution in [0.25, 0.3) is 4.96 Å². The highest BCUT2D eigenvalue weighted by Gasteiger charge is 2.35. The number of thiazole rings is 1. The lowest BCUT2D eigenvalue weighted by Crippen LogP contribution is -2.41. The number of carbonyl (C=O) groups excluding carboxylic acids is 1. The maximum Gasteiger partial charge on any atom is 0.310 e. The number of ether oxygens (including phenoxy) is 2. The van der Waals surface area contributed by atoms with Crippen molar-refractivity contribution in [3.8, 4) is 11.6 Å². The van der Waals surface area contributed by atoms with E-state index in [2.05, 4.69) is 15.0 Å². The van der Waals surface area contributed by atoms with Crippen molar-refractivity contribution in [2.45, 2.75) is 46.1 Å². The van der Waals surface area contributed by atoms with Gasteiger partial charge < -0.3 is 14.6 Å². The summed E-state index contributed by atoms with van der Waals surface area (Å²) in [7, 11) is 0. The van der Waals surface area contributed by atoms with Gasteiger partial charge in [0.25, 0.3) is 0 Å². The zero-order valence-corrected chi connectivity index (χ0v) is 19.6. The molecular weight excluding hydrogens is 428 g/mol. The number of rotatable bonds is 8. The number of benzene rings is 1. The fourth-order valence-corrected chi connectivity index (χ4v) is 5.39. The molecule has 9 heteroatoms. The summed E-state index contributed by atoms with van der Waals surface area (Å²) >= 11 is 1.44. The molecule has 3 aromatic rings. The topological polar surface area (TPSA) is 89.2 Å². The second-order valence-corrected chi connectivity index (χ2v) is 8.87. The van der Waals surface area contributed by atoms with Crippen molar-refractivity contribution < 1.29 is 19.4 Å². The standard InChI is InChI=1S/C23H30N4O4S/c1-4-18-24-23-27(25-18)21(28)20(32-23)19(15-9-11-17(12-10-15)30-5-2)26-13-7-8-16(14-26)22(29)31-6-3/h9-12,16,19,28H,4-8,13-14H2,1-3H3. The summed E-state index contributed by atoms with van der Waals surface area (Å²) in [4.78, 5) is 20.7. The number of aromatic hydroxyl groups is 1. The summed E-state index contributed by atoms with van der Waals surface area (Å²) in [6.07, 6.45) is 2.41. The van der Waals surface area contributed by atoms with E-state index in [4.69, 9.17) is 9.47 Å². The van der Waals surface area contributed by atoms with Crippen molar-refractivity contribution in [1.82, 2.24) is 19.5 Å². The van der Waals surface area contributed by atoms with Crippen molar-refractivity contribution in [2.75, 3.05) is 26.3 Å². The predicted molar refractivity (Wildman–Crippen MR) is 122 cm³/mol. The second kappa shape index (κ2) is 9.87. The maximum absolute atomic E-state index is 12.5. The Morgan fingerprint density at radius 3 is 2.69 bits per heavy atom. The van der Waals surface area contributed by atoms with Gasteiger partial charge in [0.1, 0.15) is 5.75 Å². The number of aryl methyl sites for hydroxylation is 1. The first kappa shape index (κ1) is 22.5. The molecule has 0 spiro atoms. The molecule has 3 heterocycles. The summed E-state index contributed by atoms with van der Waals surface area (Å²) in [5, 5.41) is 15.5. The molecule has 172 valence electrons. The molecule has 1 saturated heterocycles. The molecular formula is C23H30N4O4S. The first-order valence-corrected chi connectivity index (χ1v) is 12.1. The van der Waals surface area contributed by atoms with Crippen molar-refractivity contribution >= 4 is 22.3 Å². The molecule has 2 atom stereocenters. The van der Waals surface area contributed by atoms with E-state index in [-0.39, 0.29) is 23.8 Å². The SMILES string of the molecule is CCOC(=O)C1CCCN(C(c2ccc(OCC)cc2)c2sc3nc(CC)nn3c2O)C1. The Labute approximate surface area is 191 Å². The summed E-state index contributed by atoms with van der Waals surface area (Å²) in [6.45, 7) is 8.15. The first-order chi connectivity index (χ1) is 15.5. The van der Waals surface area contributed by atoms with Crippen LogP contribution in [-0.2, 0) is 16.0 Å². The molecule has 1 aliphatic rings. The third kappa shape index (κ3) is 4.45. The Kier molecular flexibility index (Phi) is 6.95. The number of aromatic nitrogens is 3. The van der Waals surface area contributed by atoms with Crippen LogP contribution < -0.4 is 4.74 Å². The average molecular weight is 459 g/mol. The number of nitrogens with zero attached hydrogens (tertiary/aromatic N) is 4. The van der Waals surface area contributed by atoms with E-state index in [1.165, 1.54) is 15.9 Å². The lowest BCUT2D eigenvalue weighted by atomic mass is 9.94. The first-order valence-electron chi connectivity index (χ1n) is 11.3. The maximum atomic E-state index is 12.5. The van der Waals surface area contributed by atoms with Crippen LogP contribution >= 0.6 is 11.3 Å². The molecule has 0 aliphatic carbocycles. The number of esters is 1. The Bertz CT molecular complexity index is 1060. The Morgan fingerprint density at radius 2 is 2.03 bits per heavy atom. The molecule has 1 aliphatic heterocycles. The van der Waals surface area contributed by atoms with Gasteiger partial charge >= 0.3 is 5.97 Å². The molecule has 1 aromatic carbocycles. The van der Waals surface area contributed by atoms with Crippen LogP contribution in [0.5, 0.6) is 11.6 Å². The molecule has 32 heavy (non-hydrogen) atoms. The zero-order valence-electron chi connectivity index (χ0n) is 18.8. The van der Waals surface area contributed by atoms with Gasteiger partial charge in [0.05, 0.1) is 30.1 Å². The highest BCUT2D eigenvalue weighted by molar-refractivity contribution is 7.17. The van der Waals surface area contributed by atoms with Gasteiger partial charge in [0.2, 0.25) is 10.8 Å². The molecule has 2 aromatic heterocycles. The normalized spacial score (nSPS) is 18.0. The largest absolute Gasteiger partial charge is 0.494 e. The Balaban J connectivity index is 1.72. The van der Waals surface area contributed by atoms with Gasteiger partial charge in [0.15, 0.2) is 5.82 Å². The van der Waals surface area contributed by atoms with Gasteiger partial charge in [0, 0.05) is 13.0 Å². The predicted octanol–water partition coefficient (Wildman–Crippen LogP) is 3.82. The molecule has 0 amide bonds. The van der Waals surface area contributed by atoms with Crippen LogP contribution in [0.15, 0.2) is 24.3 Å². The number of carbonyl (C=O) groups is 1. The van der Waals surface area contributed by atoms with Crippen LogP contribution in [0.1, 0.15) is 55.9 Å². The number of hydrogen-bond acceptors (Lipinski definition) is 8. The minimum atomic E-state index is -0.221. The monoisotopic (exact) mass is 458 g/mol. The van der Waals surface area contributed by atoms with Gasteiger partial charge in [-0.25, -0.2) is 4.98 Å². The second-order valence-electron chi connectivity index (χ2n) is 7.86. The molecule has 4 rings (SSSR count). The molecule has 0 bridgehead atoms. The van der Waals surface area contributed by atoms with E-state index >= 15 is 0 Å². The van der Waals surface area contributed by atoms with Crippen LogP contribution in [0.4, 0.5) is 0 Å². The molecule has 1 N–H and O–H groups in total. The third-order valence-corrected chi connectivity index (χ3v) is 6.83. The molecule has 0 radical (unpaired) electrons. The van der Waals surface area contributed by atoms with E-state index in [9.17, 15) is 9.90 Å². The highest BCUT2D eigenvalue weighted by atomic mass is 32.1. The zero-order chi connectivity index (χ0) is 22.7. The summed E-state index contributed by atoms with van der Waals surface area (Å²) in [5.41, 5.74) is 1.02.